The first-order valence-electron chi connectivity index (χ1n) is 4.21. The van der Waals surface area contributed by atoms with E-state index >= 15 is 0 Å². The summed E-state index contributed by atoms with van der Waals surface area (Å²) in [6, 6.07) is 10.7. The average molecular weight is 164 g/mol. The van der Waals surface area contributed by atoms with Crippen molar-refractivity contribution in [2.45, 2.75) is 12.6 Å². The summed E-state index contributed by atoms with van der Waals surface area (Å²) in [5.41, 5.74) is 1.08. The van der Waals surface area contributed by atoms with Gasteiger partial charge in [0.05, 0.1) is 0 Å². The van der Waals surface area contributed by atoms with Gasteiger partial charge in [-0.15, -0.1) is 0 Å². The van der Waals surface area contributed by atoms with Crippen LogP contribution < -0.4 is 4.90 Å². The third kappa shape index (κ3) is 1.42. The van der Waals surface area contributed by atoms with Crippen LogP contribution in [0.4, 0.5) is 10.1 Å². The molecule has 1 saturated heterocycles. The van der Waals surface area contributed by atoms with E-state index in [0.29, 0.717) is 13.0 Å². The Bertz CT molecular complexity index is 247. The van der Waals surface area contributed by atoms with Crippen LogP contribution in [0, 0.1) is 6.07 Å². The van der Waals surface area contributed by atoms with Crippen LogP contribution in [0.5, 0.6) is 0 Å². The fraction of sp³-hybridized carbons (Fsp3) is 0.400. The van der Waals surface area contributed by atoms with Crippen LogP contribution >= 0.6 is 0 Å². The Balaban J connectivity index is 2.11. The molecule has 1 unspecified atom stereocenters. The van der Waals surface area contributed by atoms with E-state index < -0.39 is 6.17 Å². The maximum atomic E-state index is 12.8. The molecule has 1 aromatic carbocycles. The molecule has 0 N–H and O–H groups in total. The molecule has 1 radical (unpaired) electrons. The Hall–Kier alpha value is -1.05. The molecular formula is C10H11FN. The van der Waals surface area contributed by atoms with Gasteiger partial charge >= 0.3 is 0 Å². The van der Waals surface area contributed by atoms with Crippen molar-refractivity contribution in [3.05, 3.63) is 30.3 Å². The van der Waals surface area contributed by atoms with Gasteiger partial charge in [0.1, 0.15) is 6.17 Å². The molecule has 1 aliphatic rings. The molecule has 1 aromatic rings. The van der Waals surface area contributed by atoms with E-state index in [4.69, 9.17) is 0 Å². The van der Waals surface area contributed by atoms with E-state index in [-0.39, 0.29) is 0 Å². The summed E-state index contributed by atoms with van der Waals surface area (Å²) >= 11 is 0. The van der Waals surface area contributed by atoms with Crippen LogP contribution in [0.2, 0.25) is 0 Å². The van der Waals surface area contributed by atoms with Gasteiger partial charge in [-0.05, 0) is 24.6 Å². The van der Waals surface area contributed by atoms with Gasteiger partial charge in [-0.1, -0.05) is 12.1 Å². The summed E-state index contributed by atoms with van der Waals surface area (Å²) in [6.07, 6.45) is 0.0136. The molecule has 1 nitrogen and oxygen atoms in total. The highest BCUT2D eigenvalue weighted by Gasteiger charge is 2.21. The van der Waals surface area contributed by atoms with Crippen molar-refractivity contribution in [1.29, 1.82) is 0 Å². The predicted octanol–water partition coefficient (Wildman–Crippen LogP) is 2.03. The van der Waals surface area contributed by atoms with Crippen molar-refractivity contribution in [3.8, 4) is 0 Å². The molecule has 1 aliphatic heterocycles. The Morgan fingerprint density at radius 2 is 2.50 bits per heavy atom. The quantitative estimate of drug-likeness (QED) is 0.614. The first-order chi connectivity index (χ1) is 5.86. The smallest absolute Gasteiger partial charge is 0.119 e. The fourth-order valence-electron chi connectivity index (χ4n) is 1.53. The number of hydrogen-bond acceptors (Lipinski definition) is 1. The number of hydrogen-bond donors (Lipinski definition) is 0. The first kappa shape index (κ1) is 7.59. The van der Waals surface area contributed by atoms with Gasteiger partial charge in [0.2, 0.25) is 0 Å². The molecule has 12 heavy (non-hydrogen) atoms. The highest BCUT2D eigenvalue weighted by molar-refractivity contribution is 5.46. The number of nitrogens with zero attached hydrogens (tertiary/aromatic N) is 1. The summed E-state index contributed by atoms with van der Waals surface area (Å²) in [7, 11) is 0. The van der Waals surface area contributed by atoms with Crippen LogP contribution in [0.1, 0.15) is 6.42 Å². The van der Waals surface area contributed by atoms with Crippen molar-refractivity contribution >= 4 is 5.69 Å². The van der Waals surface area contributed by atoms with Gasteiger partial charge in [0.25, 0.3) is 0 Å². The maximum Gasteiger partial charge on any atom is 0.119 e. The molecule has 1 heterocycles. The zero-order valence-corrected chi connectivity index (χ0v) is 6.83. The van der Waals surface area contributed by atoms with Crippen molar-refractivity contribution in [2.24, 2.45) is 0 Å². The third-order valence-corrected chi connectivity index (χ3v) is 2.19. The molecule has 0 aliphatic carbocycles. The van der Waals surface area contributed by atoms with E-state index in [1.807, 2.05) is 24.3 Å². The summed E-state index contributed by atoms with van der Waals surface area (Å²) in [4.78, 5) is 2.06. The number of benzene rings is 1. The van der Waals surface area contributed by atoms with Crippen molar-refractivity contribution in [3.63, 3.8) is 0 Å². The fourth-order valence-corrected chi connectivity index (χ4v) is 1.53. The molecule has 0 aromatic heterocycles. The molecular weight excluding hydrogens is 153 g/mol. The lowest BCUT2D eigenvalue weighted by molar-refractivity contribution is 0.364. The molecule has 2 rings (SSSR count). The van der Waals surface area contributed by atoms with E-state index in [2.05, 4.69) is 11.0 Å². The highest BCUT2D eigenvalue weighted by atomic mass is 19.1. The van der Waals surface area contributed by atoms with Gasteiger partial charge in [-0.2, -0.15) is 0 Å². The largest absolute Gasteiger partial charge is 0.368 e. The van der Waals surface area contributed by atoms with Gasteiger partial charge in [0.15, 0.2) is 0 Å². The monoisotopic (exact) mass is 164 g/mol. The van der Waals surface area contributed by atoms with Gasteiger partial charge in [-0.25, -0.2) is 4.39 Å². The lowest BCUT2D eigenvalue weighted by Gasteiger charge is -2.16. The van der Waals surface area contributed by atoms with Crippen LogP contribution in [0.25, 0.3) is 0 Å². The van der Waals surface area contributed by atoms with Gasteiger partial charge < -0.3 is 4.90 Å². The normalized spacial score (nSPS) is 23.1. The van der Waals surface area contributed by atoms with Crippen molar-refractivity contribution in [2.75, 3.05) is 18.0 Å². The summed E-state index contributed by atoms with van der Waals surface area (Å²) in [5.74, 6) is 0. The standard InChI is InChI=1S/C10H11FN/c11-9-6-7-12(8-9)10-4-2-1-3-5-10/h1-2,4-5,9H,6-8H2. The molecule has 63 valence electrons. The van der Waals surface area contributed by atoms with Crippen LogP contribution in [-0.4, -0.2) is 19.3 Å². The molecule has 0 bridgehead atoms. The molecule has 0 spiro atoms. The minimum absolute atomic E-state index is 0.540. The number of halogens is 1. The topological polar surface area (TPSA) is 3.24 Å². The minimum Gasteiger partial charge on any atom is -0.368 e. The molecule has 1 fully saturated rings. The second-order valence-electron chi connectivity index (χ2n) is 3.09. The average Bonchev–Trinajstić information content (AvgIpc) is 2.54. The summed E-state index contributed by atoms with van der Waals surface area (Å²) in [5, 5.41) is 0. The number of rotatable bonds is 1. The lowest BCUT2D eigenvalue weighted by Crippen LogP contribution is -2.19. The maximum absolute atomic E-state index is 12.8. The first-order valence-corrected chi connectivity index (χ1v) is 4.21. The second-order valence-corrected chi connectivity index (χ2v) is 3.09. The van der Waals surface area contributed by atoms with Crippen molar-refractivity contribution < 1.29 is 4.39 Å². The van der Waals surface area contributed by atoms with Crippen molar-refractivity contribution in [1.82, 2.24) is 0 Å². The summed E-state index contributed by atoms with van der Waals surface area (Å²) in [6.45, 7) is 1.37. The van der Waals surface area contributed by atoms with Crippen LogP contribution in [-0.2, 0) is 0 Å². The zero-order valence-electron chi connectivity index (χ0n) is 6.83. The lowest BCUT2D eigenvalue weighted by atomic mass is 10.3. The third-order valence-electron chi connectivity index (χ3n) is 2.19. The van der Waals surface area contributed by atoms with Crippen LogP contribution in [0.3, 0.4) is 0 Å². The van der Waals surface area contributed by atoms with Gasteiger partial charge in [0, 0.05) is 18.8 Å². The summed E-state index contributed by atoms with van der Waals surface area (Å²) < 4.78 is 12.8. The predicted molar refractivity (Wildman–Crippen MR) is 47.0 cm³/mol. The van der Waals surface area contributed by atoms with Gasteiger partial charge in [-0.3, -0.25) is 0 Å². The Kier molecular flexibility index (Phi) is 1.98. The Morgan fingerprint density at radius 1 is 1.58 bits per heavy atom. The zero-order chi connectivity index (χ0) is 8.39. The van der Waals surface area contributed by atoms with E-state index in [9.17, 15) is 4.39 Å². The van der Waals surface area contributed by atoms with E-state index in [1.165, 1.54) is 0 Å². The highest BCUT2D eigenvalue weighted by Crippen LogP contribution is 2.20. The SMILES string of the molecule is FC1CCN(c2c[c]ccc2)C1. The van der Waals surface area contributed by atoms with Crippen LogP contribution in [0.15, 0.2) is 24.3 Å². The molecule has 2 heteroatoms. The molecule has 0 saturated carbocycles. The Labute approximate surface area is 71.8 Å². The van der Waals surface area contributed by atoms with E-state index in [0.717, 1.165) is 12.2 Å². The minimum atomic E-state index is -0.648. The Morgan fingerprint density at radius 3 is 3.08 bits per heavy atom. The molecule has 1 atom stereocenters. The molecule has 0 amide bonds. The number of anilines is 1. The van der Waals surface area contributed by atoms with E-state index in [1.54, 1.807) is 0 Å². The second kappa shape index (κ2) is 3.13. The number of alkyl halides is 1.